The molecule has 0 aliphatic heterocycles. The van der Waals surface area contributed by atoms with Gasteiger partial charge >= 0.3 is 14.0 Å². The Morgan fingerprint density at radius 2 is 1.86 bits per heavy atom. The van der Waals surface area contributed by atoms with Gasteiger partial charge in [0.1, 0.15) is 16.5 Å². The van der Waals surface area contributed by atoms with Crippen LogP contribution in [-0.4, -0.2) is 31.7 Å². The summed E-state index contributed by atoms with van der Waals surface area (Å²) >= 11 is 2.50. The van der Waals surface area contributed by atoms with Gasteiger partial charge in [-0.2, -0.15) is 0 Å². The van der Waals surface area contributed by atoms with Crippen LogP contribution in [0.3, 0.4) is 0 Å². The van der Waals surface area contributed by atoms with E-state index in [-0.39, 0.29) is 19.0 Å². The highest BCUT2D eigenvalue weighted by atomic mass is 32.2. The van der Waals surface area contributed by atoms with Gasteiger partial charge in [0, 0.05) is 22.9 Å². The number of ether oxygens (including phenoxy) is 2. The first-order valence-corrected chi connectivity index (χ1v) is 13.7. The van der Waals surface area contributed by atoms with Crippen molar-refractivity contribution in [1.82, 2.24) is 4.98 Å². The lowest BCUT2D eigenvalue weighted by molar-refractivity contribution is -0.274. The molecule has 36 heavy (non-hydrogen) atoms. The van der Waals surface area contributed by atoms with Crippen LogP contribution in [0.15, 0.2) is 52.9 Å². The van der Waals surface area contributed by atoms with Gasteiger partial charge in [0.2, 0.25) is 0 Å². The van der Waals surface area contributed by atoms with E-state index in [0.717, 1.165) is 0 Å². The quantitative estimate of drug-likeness (QED) is 0.173. The number of alkyl halides is 3. The Kier molecular flexibility index (Phi) is 9.70. The van der Waals surface area contributed by atoms with Crippen molar-refractivity contribution in [1.29, 1.82) is 0 Å². The minimum atomic E-state index is -4.77. The van der Waals surface area contributed by atoms with E-state index in [1.807, 2.05) is 0 Å². The molecule has 3 rings (SSSR count). The standard InChI is InChI=1S/C23H22F3N2O5PS2/c1-4-31-34(29,32-5-2)18-10-11-19(20(14-18)30-3)28-36-22-15-35-21(27-22)12-9-16-7-6-8-17(13-16)33-23(24,25)26/h6-8,10-11,13-15,28H,4-5H2,1-3H3. The molecule has 13 heteroatoms. The molecule has 0 saturated heterocycles. The molecule has 0 aliphatic carbocycles. The van der Waals surface area contributed by atoms with E-state index in [4.69, 9.17) is 13.8 Å². The van der Waals surface area contributed by atoms with Crippen LogP contribution in [0.2, 0.25) is 0 Å². The third-order valence-electron chi connectivity index (χ3n) is 4.23. The van der Waals surface area contributed by atoms with Crippen LogP contribution in [0, 0.1) is 11.8 Å². The molecule has 3 aromatic rings. The fourth-order valence-electron chi connectivity index (χ4n) is 2.83. The van der Waals surface area contributed by atoms with Crippen LogP contribution < -0.4 is 19.5 Å². The molecule has 1 aromatic heterocycles. The Bertz CT molecular complexity index is 1280. The van der Waals surface area contributed by atoms with E-state index in [2.05, 4.69) is 26.3 Å². The minimum absolute atomic E-state index is 0.233. The minimum Gasteiger partial charge on any atom is -0.495 e. The maximum atomic E-state index is 13.0. The summed E-state index contributed by atoms with van der Waals surface area (Å²) in [6.07, 6.45) is -4.77. The molecule has 1 N–H and O–H groups in total. The molecule has 0 unspecified atom stereocenters. The number of methoxy groups -OCH3 is 1. The van der Waals surface area contributed by atoms with Gasteiger partial charge in [-0.3, -0.25) is 4.57 Å². The van der Waals surface area contributed by atoms with Gasteiger partial charge in [0.05, 0.1) is 31.3 Å². The zero-order valence-electron chi connectivity index (χ0n) is 19.4. The molecule has 192 valence electrons. The first-order valence-electron chi connectivity index (χ1n) is 10.5. The van der Waals surface area contributed by atoms with E-state index in [1.165, 1.54) is 48.6 Å². The Hall–Kier alpha value is -2.68. The van der Waals surface area contributed by atoms with Crippen LogP contribution in [0.1, 0.15) is 24.4 Å². The molecule has 0 saturated carbocycles. The Balaban J connectivity index is 1.68. The topological polar surface area (TPSA) is 78.9 Å². The molecule has 0 amide bonds. The molecule has 0 radical (unpaired) electrons. The van der Waals surface area contributed by atoms with Crippen LogP contribution in [-0.2, 0) is 13.6 Å². The Morgan fingerprint density at radius 1 is 1.11 bits per heavy atom. The number of hydrogen-bond donors (Lipinski definition) is 1. The maximum Gasteiger partial charge on any atom is 0.573 e. The lowest BCUT2D eigenvalue weighted by Crippen LogP contribution is -2.17. The van der Waals surface area contributed by atoms with E-state index in [0.29, 0.717) is 32.3 Å². The predicted octanol–water partition coefficient (Wildman–Crippen LogP) is 6.46. The van der Waals surface area contributed by atoms with Gasteiger partial charge in [0.15, 0.2) is 5.01 Å². The van der Waals surface area contributed by atoms with E-state index in [9.17, 15) is 17.7 Å². The van der Waals surface area contributed by atoms with Crippen molar-refractivity contribution in [2.45, 2.75) is 25.2 Å². The maximum absolute atomic E-state index is 13.0. The highest BCUT2D eigenvalue weighted by Crippen LogP contribution is 2.48. The summed E-state index contributed by atoms with van der Waals surface area (Å²) in [6, 6.07) is 10.4. The summed E-state index contributed by atoms with van der Waals surface area (Å²) < 4.78 is 73.4. The van der Waals surface area contributed by atoms with Crippen LogP contribution in [0.4, 0.5) is 18.9 Å². The van der Waals surface area contributed by atoms with Crippen molar-refractivity contribution in [2.24, 2.45) is 0 Å². The van der Waals surface area contributed by atoms with Crippen LogP contribution in [0.5, 0.6) is 11.5 Å². The monoisotopic (exact) mass is 558 g/mol. The molecule has 0 fully saturated rings. The lowest BCUT2D eigenvalue weighted by Gasteiger charge is -2.19. The van der Waals surface area contributed by atoms with Crippen molar-refractivity contribution < 1.29 is 36.3 Å². The van der Waals surface area contributed by atoms with Gasteiger partial charge < -0.3 is 23.2 Å². The van der Waals surface area contributed by atoms with Gasteiger partial charge in [-0.05, 0) is 56.2 Å². The molecule has 1 heterocycles. The SMILES string of the molecule is CCOP(=O)(OCC)c1ccc(NSc2csc(C#Cc3cccc(OC(F)(F)F)c3)n2)c(OC)c1. The number of nitrogens with zero attached hydrogens (tertiary/aromatic N) is 1. The van der Waals surface area contributed by atoms with Gasteiger partial charge in [-0.15, -0.1) is 24.5 Å². The average Bonchev–Trinajstić information content (AvgIpc) is 3.28. The number of halogens is 3. The van der Waals surface area contributed by atoms with Crippen molar-refractivity contribution >= 4 is 41.9 Å². The van der Waals surface area contributed by atoms with E-state index >= 15 is 0 Å². The highest BCUT2D eigenvalue weighted by Gasteiger charge is 2.31. The summed E-state index contributed by atoms with van der Waals surface area (Å²) in [6.45, 7) is 3.94. The highest BCUT2D eigenvalue weighted by molar-refractivity contribution is 8.00. The fourth-order valence-corrected chi connectivity index (χ4v) is 5.85. The number of aromatic nitrogens is 1. The number of hydrogen-bond acceptors (Lipinski definition) is 9. The number of benzene rings is 2. The zero-order valence-corrected chi connectivity index (χ0v) is 21.9. The first-order chi connectivity index (χ1) is 17.2. The average molecular weight is 559 g/mol. The zero-order chi connectivity index (χ0) is 26.2. The smallest absolute Gasteiger partial charge is 0.495 e. The van der Waals surface area contributed by atoms with Crippen molar-refractivity contribution in [3.8, 4) is 23.3 Å². The first kappa shape index (κ1) is 27.9. The van der Waals surface area contributed by atoms with E-state index < -0.39 is 14.0 Å². The summed E-state index contributed by atoms with van der Waals surface area (Å²) in [5, 5.41) is 3.27. The normalized spacial score (nSPS) is 11.5. The number of thiazole rings is 1. The number of rotatable bonds is 10. The van der Waals surface area contributed by atoms with Crippen molar-refractivity contribution in [3.63, 3.8) is 0 Å². The Labute approximate surface area is 215 Å². The van der Waals surface area contributed by atoms with Crippen molar-refractivity contribution in [2.75, 3.05) is 25.0 Å². The summed E-state index contributed by atoms with van der Waals surface area (Å²) in [5.74, 6) is 5.72. The van der Waals surface area contributed by atoms with Gasteiger partial charge in [0.25, 0.3) is 0 Å². The lowest BCUT2D eigenvalue weighted by atomic mass is 10.2. The largest absolute Gasteiger partial charge is 0.573 e. The molecule has 0 bridgehead atoms. The molecule has 0 aliphatic rings. The van der Waals surface area contributed by atoms with Crippen LogP contribution in [0.25, 0.3) is 0 Å². The molecular formula is C23H22F3N2O5PS2. The second-order valence-corrected chi connectivity index (χ2v) is 10.5. The van der Waals surface area contributed by atoms with Gasteiger partial charge in [-0.25, -0.2) is 4.98 Å². The van der Waals surface area contributed by atoms with E-state index in [1.54, 1.807) is 43.5 Å². The van der Waals surface area contributed by atoms with Gasteiger partial charge in [-0.1, -0.05) is 12.0 Å². The van der Waals surface area contributed by atoms with Crippen LogP contribution >= 0.6 is 30.9 Å². The summed E-state index contributed by atoms with van der Waals surface area (Å²) in [5.41, 5.74) is 0.980. The molecule has 0 spiro atoms. The van der Waals surface area contributed by atoms with Crippen molar-refractivity contribution in [3.05, 3.63) is 58.4 Å². The number of nitrogens with one attached hydrogen (secondary N) is 1. The summed E-state index contributed by atoms with van der Waals surface area (Å²) in [7, 11) is -1.96. The second kappa shape index (κ2) is 12.5. The third kappa shape index (κ3) is 7.91. The predicted molar refractivity (Wildman–Crippen MR) is 134 cm³/mol. The second-order valence-electron chi connectivity index (χ2n) is 6.74. The third-order valence-corrected chi connectivity index (χ3v) is 7.98. The molecule has 7 nitrogen and oxygen atoms in total. The number of anilines is 1. The molecular weight excluding hydrogens is 536 g/mol. The molecule has 0 atom stereocenters. The summed E-state index contributed by atoms with van der Waals surface area (Å²) in [4.78, 5) is 4.39. The Morgan fingerprint density at radius 3 is 2.53 bits per heavy atom. The fraction of sp³-hybridized carbons (Fsp3) is 0.261. The molecule has 2 aromatic carbocycles.